The van der Waals surface area contributed by atoms with Crippen LogP contribution in [0.15, 0.2) is 4.99 Å². The van der Waals surface area contributed by atoms with E-state index < -0.39 is 0 Å². The lowest BCUT2D eigenvalue weighted by atomic mass is 10.1. The normalized spacial score (nSPS) is 23.5. The Morgan fingerprint density at radius 2 is 1.90 bits per heavy atom. The van der Waals surface area contributed by atoms with Crippen LogP contribution in [0.25, 0.3) is 0 Å². The number of rotatable bonds is 6. The Bertz CT molecular complexity index is 305. The minimum atomic E-state index is 0. The fourth-order valence-corrected chi connectivity index (χ4v) is 2.54. The molecule has 1 aliphatic heterocycles. The van der Waals surface area contributed by atoms with Crippen LogP contribution < -0.4 is 10.6 Å². The molecule has 0 aromatic heterocycles. The summed E-state index contributed by atoms with van der Waals surface area (Å²) in [4.78, 5) is 7.24. The maximum atomic E-state index is 4.70. The second-order valence-corrected chi connectivity index (χ2v) is 6.72. The van der Waals surface area contributed by atoms with E-state index in [9.17, 15) is 0 Å². The summed E-state index contributed by atoms with van der Waals surface area (Å²) in [6.07, 6.45) is 1.15. The van der Waals surface area contributed by atoms with Crippen LogP contribution in [0.4, 0.5) is 0 Å². The Balaban J connectivity index is 0.00000400. The minimum Gasteiger partial charge on any atom is -0.357 e. The maximum absolute atomic E-state index is 4.70. The SMILES string of the molecule is CCNC(=NCCC(C)C)NC1CN(C(C)C)CC1C.I. The molecule has 5 heteroatoms. The molecule has 2 unspecified atom stereocenters. The van der Waals surface area contributed by atoms with E-state index in [1.54, 1.807) is 0 Å². The number of hydrogen-bond acceptors (Lipinski definition) is 2. The van der Waals surface area contributed by atoms with E-state index in [2.05, 4.69) is 57.1 Å². The molecule has 1 rings (SSSR count). The van der Waals surface area contributed by atoms with Crippen molar-refractivity contribution in [2.24, 2.45) is 16.8 Å². The van der Waals surface area contributed by atoms with Gasteiger partial charge in [-0.25, -0.2) is 0 Å². The minimum absolute atomic E-state index is 0. The number of nitrogens with one attached hydrogen (secondary N) is 2. The lowest BCUT2D eigenvalue weighted by molar-refractivity contribution is 0.265. The monoisotopic (exact) mass is 410 g/mol. The summed E-state index contributed by atoms with van der Waals surface area (Å²) in [5.41, 5.74) is 0. The molecule has 0 saturated carbocycles. The van der Waals surface area contributed by atoms with E-state index in [-0.39, 0.29) is 24.0 Å². The molecule has 0 spiro atoms. The van der Waals surface area contributed by atoms with Crippen molar-refractivity contribution in [3.05, 3.63) is 0 Å². The highest BCUT2D eigenvalue weighted by atomic mass is 127. The Hall–Kier alpha value is -0.0400. The first-order valence-corrected chi connectivity index (χ1v) is 8.22. The summed E-state index contributed by atoms with van der Waals surface area (Å²) >= 11 is 0. The third-order valence-electron chi connectivity index (χ3n) is 4.01. The van der Waals surface area contributed by atoms with Gasteiger partial charge >= 0.3 is 0 Å². The van der Waals surface area contributed by atoms with Gasteiger partial charge in [-0.2, -0.15) is 0 Å². The molecule has 2 atom stereocenters. The Morgan fingerprint density at radius 1 is 1.24 bits per heavy atom. The quantitative estimate of drug-likeness (QED) is 0.402. The van der Waals surface area contributed by atoms with Crippen molar-refractivity contribution in [3.8, 4) is 0 Å². The lowest BCUT2D eigenvalue weighted by Crippen LogP contribution is -2.46. The van der Waals surface area contributed by atoms with Gasteiger partial charge in [0, 0.05) is 38.3 Å². The van der Waals surface area contributed by atoms with E-state index in [1.807, 2.05) is 0 Å². The number of hydrogen-bond donors (Lipinski definition) is 2. The molecule has 2 N–H and O–H groups in total. The first-order valence-electron chi connectivity index (χ1n) is 8.22. The zero-order valence-electron chi connectivity index (χ0n) is 14.6. The standard InChI is InChI=1S/C16H34N4.HI/c1-7-17-16(18-9-8-12(2)3)19-15-11-20(13(4)5)10-14(15)6;/h12-15H,7-11H2,1-6H3,(H2,17,18,19);1H. The number of likely N-dealkylation sites (tertiary alicyclic amines) is 1. The molecule has 0 amide bonds. The van der Waals surface area contributed by atoms with E-state index in [1.165, 1.54) is 6.54 Å². The smallest absolute Gasteiger partial charge is 0.191 e. The Kier molecular flexibility index (Phi) is 10.6. The zero-order valence-corrected chi connectivity index (χ0v) is 17.0. The lowest BCUT2D eigenvalue weighted by Gasteiger charge is -2.22. The molecule has 1 saturated heterocycles. The highest BCUT2D eigenvalue weighted by Gasteiger charge is 2.31. The number of halogens is 1. The van der Waals surface area contributed by atoms with Crippen molar-refractivity contribution in [2.45, 2.75) is 60.0 Å². The Labute approximate surface area is 148 Å². The van der Waals surface area contributed by atoms with E-state index in [0.29, 0.717) is 23.9 Å². The highest BCUT2D eigenvalue weighted by molar-refractivity contribution is 14.0. The van der Waals surface area contributed by atoms with Crippen molar-refractivity contribution < 1.29 is 0 Å². The van der Waals surface area contributed by atoms with E-state index in [4.69, 9.17) is 4.99 Å². The second kappa shape index (κ2) is 10.6. The van der Waals surface area contributed by atoms with Crippen LogP contribution in [-0.4, -0.2) is 49.1 Å². The van der Waals surface area contributed by atoms with Gasteiger partial charge < -0.3 is 10.6 Å². The number of nitrogens with zero attached hydrogens (tertiary/aromatic N) is 2. The van der Waals surface area contributed by atoms with Gasteiger partial charge in [0.2, 0.25) is 0 Å². The van der Waals surface area contributed by atoms with Crippen LogP contribution in [0.5, 0.6) is 0 Å². The molecule has 1 heterocycles. The first-order chi connectivity index (χ1) is 9.43. The van der Waals surface area contributed by atoms with Gasteiger partial charge in [-0.05, 0) is 39.0 Å². The van der Waals surface area contributed by atoms with Crippen LogP contribution in [-0.2, 0) is 0 Å². The Morgan fingerprint density at radius 3 is 2.38 bits per heavy atom. The van der Waals surface area contributed by atoms with Gasteiger partial charge in [0.1, 0.15) is 0 Å². The van der Waals surface area contributed by atoms with Crippen LogP contribution in [0.1, 0.15) is 48.0 Å². The molecule has 0 aromatic carbocycles. The zero-order chi connectivity index (χ0) is 15.1. The van der Waals surface area contributed by atoms with Gasteiger partial charge in [-0.1, -0.05) is 20.8 Å². The van der Waals surface area contributed by atoms with Crippen LogP contribution in [0.2, 0.25) is 0 Å². The van der Waals surface area contributed by atoms with Crippen molar-refractivity contribution in [1.29, 1.82) is 0 Å². The summed E-state index contributed by atoms with van der Waals surface area (Å²) in [5, 5.41) is 6.99. The van der Waals surface area contributed by atoms with Crippen LogP contribution >= 0.6 is 24.0 Å². The molecule has 21 heavy (non-hydrogen) atoms. The summed E-state index contributed by atoms with van der Waals surface area (Å²) in [5.74, 6) is 2.37. The van der Waals surface area contributed by atoms with Crippen LogP contribution in [0, 0.1) is 11.8 Å². The third kappa shape index (κ3) is 7.68. The maximum Gasteiger partial charge on any atom is 0.191 e. The largest absolute Gasteiger partial charge is 0.357 e. The summed E-state index contributed by atoms with van der Waals surface area (Å²) in [7, 11) is 0. The summed E-state index contributed by atoms with van der Waals surface area (Å²) < 4.78 is 0. The number of guanidine groups is 1. The molecular weight excluding hydrogens is 375 g/mol. The fourth-order valence-electron chi connectivity index (χ4n) is 2.54. The number of aliphatic imine (C=N–C) groups is 1. The van der Waals surface area contributed by atoms with Gasteiger partial charge in [0.15, 0.2) is 5.96 Å². The van der Waals surface area contributed by atoms with E-state index >= 15 is 0 Å². The fraction of sp³-hybridized carbons (Fsp3) is 0.938. The van der Waals surface area contributed by atoms with Crippen molar-refractivity contribution in [3.63, 3.8) is 0 Å². The van der Waals surface area contributed by atoms with Gasteiger partial charge in [-0.15, -0.1) is 24.0 Å². The van der Waals surface area contributed by atoms with Crippen molar-refractivity contribution in [1.82, 2.24) is 15.5 Å². The van der Waals surface area contributed by atoms with Gasteiger partial charge in [0.25, 0.3) is 0 Å². The average molecular weight is 410 g/mol. The summed E-state index contributed by atoms with van der Waals surface area (Å²) in [6.45, 7) is 17.6. The third-order valence-corrected chi connectivity index (χ3v) is 4.01. The molecule has 1 fully saturated rings. The average Bonchev–Trinajstić information content (AvgIpc) is 2.71. The molecule has 0 aliphatic carbocycles. The molecular formula is C16H35IN4. The predicted octanol–water partition coefficient (Wildman–Crippen LogP) is 2.93. The van der Waals surface area contributed by atoms with E-state index in [0.717, 1.165) is 32.0 Å². The van der Waals surface area contributed by atoms with Gasteiger partial charge in [0.05, 0.1) is 0 Å². The van der Waals surface area contributed by atoms with Gasteiger partial charge in [-0.3, -0.25) is 9.89 Å². The predicted molar refractivity (Wildman–Crippen MR) is 104 cm³/mol. The first kappa shape index (κ1) is 21.0. The molecule has 0 radical (unpaired) electrons. The summed E-state index contributed by atoms with van der Waals surface area (Å²) in [6, 6.07) is 1.14. The molecule has 1 aliphatic rings. The molecule has 4 nitrogen and oxygen atoms in total. The molecule has 126 valence electrons. The molecule has 0 bridgehead atoms. The molecule has 0 aromatic rings. The van der Waals surface area contributed by atoms with Crippen molar-refractivity contribution >= 4 is 29.9 Å². The topological polar surface area (TPSA) is 39.7 Å². The van der Waals surface area contributed by atoms with Crippen molar-refractivity contribution in [2.75, 3.05) is 26.2 Å². The van der Waals surface area contributed by atoms with Crippen LogP contribution in [0.3, 0.4) is 0 Å². The highest BCUT2D eigenvalue weighted by Crippen LogP contribution is 2.18. The second-order valence-electron chi connectivity index (χ2n) is 6.72.